The van der Waals surface area contributed by atoms with Gasteiger partial charge in [-0.3, -0.25) is 0 Å². The van der Waals surface area contributed by atoms with Gasteiger partial charge in [0.1, 0.15) is 0 Å². The third kappa shape index (κ3) is 5.61. The first kappa shape index (κ1) is 16.0. The van der Waals surface area contributed by atoms with Crippen LogP contribution >= 0.6 is 15.9 Å². The van der Waals surface area contributed by atoms with Crippen molar-refractivity contribution in [3.63, 3.8) is 0 Å². The molecule has 3 N–H and O–H groups in total. The number of amides is 2. The van der Waals surface area contributed by atoms with Gasteiger partial charge in [0.05, 0.1) is 6.04 Å². The van der Waals surface area contributed by atoms with E-state index in [1.165, 1.54) is 0 Å². The average Bonchev–Trinajstić information content (AvgIpc) is 2.37. The first-order chi connectivity index (χ1) is 9.04. The minimum atomic E-state index is -0.187. The Kier molecular flexibility index (Phi) is 6.87. The predicted octanol–water partition coefficient (Wildman–Crippen LogP) is 2.83. The highest BCUT2D eigenvalue weighted by molar-refractivity contribution is 9.10. The molecule has 2 unspecified atom stereocenters. The molecule has 0 radical (unpaired) electrons. The summed E-state index contributed by atoms with van der Waals surface area (Å²) >= 11 is 3.47. The molecule has 0 saturated heterocycles. The molecule has 1 rings (SSSR count). The number of nitrogens with one attached hydrogen (secondary N) is 2. The highest BCUT2D eigenvalue weighted by Gasteiger charge is 2.12. The van der Waals surface area contributed by atoms with Crippen LogP contribution in [0.5, 0.6) is 0 Å². The Labute approximate surface area is 122 Å². The van der Waals surface area contributed by atoms with Crippen molar-refractivity contribution in [2.24, 2.45) is 5.92 Å². The molecule has 0 bridgehead atoms. The summed E-state index contributed by atoms with van der Waals surface area (Å²) in [4.78, 5) is 11.7. The summed E-state index contributed by atoms with van der Waals surface area (Å²) in [6.45, 7) is 4.65. The standard InChI is InChI=1S/C14H21BrN2O2/c1-10(7-8-18)9-16-14(19)17-11(2)12-5-3-4-6-13(12)15/h3-6,10-11,18H,7-9H2,1-2H3,(H2,16,17,19). The summed E-state index contributed by atoms with van der Waals surface area (Å²) in [6.07, 6.45) is 0.695. The van der Waals surface area contributed by atoms with Crippen LogP contribution < -0.4 is 10.6 Å². The molecular formula is C14H21BrN2O2. The maximum absolute atomic E-state index is 11.7. The van der Waals surface area contributed by atoms with Crippen LogP contribution in [-0.4, -0.2) is 24.3 Å². The Bertz CT molecular complexity index is 412. The number of benzene rings is 1. The Balaban J connectivity index is 2.42. The molecule has 106 valence electrons. The normalized spacial score (nSPS) is 13.7. The first-order valence-electron chi connectivity index (χ1n) is 6.44. The van der Waals surface area contributed by atoms with Gasteiger partial charge in [-0.2, -0.15) is 0 Å². The summed E-state index contributed by atoms with van der Waals surface area (Å²) in [5.74, 6) is 0.273. The summed E-state index contributed by atoms with van der Waals surface area (Å²) in [7, 11) is 0. The number of carbonyl (C=O) groups is 1. The van der Waals surface area contributed by atoms with Gasteiger partial charge in [-0.15, -0.1) is 0 Å². The number of carbonyl (C=O) groups excluding carboxylic acids is 1. The summed E-state index contributed by atoms with van der Waals surface area (Å²) in [5, 5.41) is 14.5. The van der Waals surface area contributed by atoms with Gasteiger partial charge >= 0.3 is 6.03 Å². The van der Waals surface area contributed by atoms with E-state index in [2.05, 4.69) is 26.6 Å². The van der Waals surface area contributed by atoms with E-state index in [-0.39, 0.29) is 24.6 Å². The molecule has 0 heterocycles. The van der Waals surface area contributed by atoms with Crippen molar-refractivity contribution in [2.75, 3.05) is 13.2 Å². The molecule has 0 aromatic heterocycles. The number of halogens is 1. The van der Waals surface area contributed by atoms with Gasteiger partial charge in [0, 0.05) is 17.6 Å². The lowest BCUT2D eigenvalue weighted by Crippen LogP contribution is -2.39. The van der Waals surface area contributed by atoms with Crippen molar-refractivity contribution in [3.05, 3.63) is 34.3 Å². The van der Waals surface area contributed by atoms with Crippen LogP contribution in [0.4, 0.5) is 4.79 Å². The zero-order chi connectivity index (χ0) is 14.3. The van der Waals surface area contributed by atoms with Gasteiger partial charge in [-0.25, -0.2) is 4.79 Å². The topological polar surface area (TPSA) is 61.4 Å². The molecule has 19 heavy (non-hydrogen) atoms. The molecular weight excluding hydrogens is 308 g/mol. The van der Waals surface area contributed by atoms with E-state index in [1.807, 2.05) is 38.1 Å². The molecule has 0 aliphatic rings. The van der Waals surface area contributed by atoms with Crippen molar-refractivity contribution in [1.82, 2.24) is 10.6 Å². The van der Waals surface area contributed by atoms with E-state index in [4.69, 9.17) is 5.11 Å². The Morgan fingerprint density at radius 2 is 2.05 bits per heavy atom. The molecule has 2 atom stereocenters. The maximum atomic E-state index is 11.7. The van der Waals surface area contributed by atoms with Crippen LogP contribution in [0, 0.1) is 5.92 Å². The highest BCUT2D eigenvalue weighted by Crippen LogP contribution is 2.22. The second kappa shape index (κ2) is 8.17. The molecule has 4 nitrogen and oxygen atoms in total. The van der Waals surface area contributed by atoms with Gasteiger partial charge in [0.2, 0.25) is 0 Å². The lowest BCUT2D eigenvalue weighted by atomic mass is 10.1. The first-order valence-corrected chi connectivity index (χ1v) is 7.23. The van der Waals surface area contributed by atoms with Gasteiger partial charge in [0.25, 0.3) is 0 Å². The molecule has 0 spiro atoms. The molecule has 0 fully saturated rings. The van der Waals surface area contributed by atoms with Gasteiger partial charge < -0.3 is 15.7 Å². The van der Waals surface area contributed by atoms with Crippen LogP contribution in [0.3, 0.4) is 0 Å². The lowest BCUT2D eigenvalue weighted by molar-refractivity contribution is 0.231. The SMILES string of the molecule is CC(CCO)CNC(=O)NC(C)c1ccccc1Br. The van der Waals surface area contributed by atoms with Crippen molar-refractivity contribution in [2.45, 2.75) is 26.3 Å². The van der Waals surface area contributed by atoms with E-state index < -0.39 is 0 Å². The third-order valence-electron chi connectivity index (χ3n) is 2.95. The fourth-order valence-electron chi connectivity index (χ4n) is 1.74. The minimum absolute atomic E-state index is 0.0660. The van der Waals surface area contributed by atoms with E-state index in [0.717, 1.165) is 10.0 Å². The molecule has 1 aromatic carbocycles. The van der Waals surface area contributed by atoms with Crippen molar-refractivity contribution in [1.29, 1.82) is 0 Å². The molecule has 0 aliphatic heterocycles. The fraction of sp³-hybridized carbons (Fsp3) is 0.500. The molecule has 0 saturated carbocycles. The second-order valence-corrected chi connectivity index (χ2v) is 5.57. The van der Waals surface area contributed by atoms with Crippen molar-refractivity contribution in [3.8, 4) is 0 Å². The molecule has 5 heteroatoms. The number of urea groups is 1. The van der Waals surface area contributed by atoms with Gasteiger partial charge in [-0.1, -0.05) is 41.1 Å². The van der Waals surface area contributed by atoms with E-state index in [9.17, 15) is 4.79 Å². The van der Waals surface area contributed by atoms with E-state index >= 15 is 0 Å². The van der Waals surface area contributed by atoms with Gasteiger partial charge in [0.15, 0.2) is 0 Å². The van der Waals surface area contributed by atoms with Crippen LogP contribution in [0.2, 0.25) is 0 Å². The Morgan fingerprint density at radius 3 is 2.68 bits per heavy atom. The smallest absolute Gasteiger partial charge is 0.315 e. The zero-order valence-corrected chi connectivity index (χ0v) is 12.9. The van der Waals surface area contributed by atoms with E-state index in [1.54, 1.807) is 0 Å². The monoisotopic (exact) mass is 328 g/mol. The average molecular weight is 329 g/mol. The summed E-state index contributed by atoms with van der Waals surface area (Å²) in [6, 6.07) is 7.56. The highest BCUT2D eigenvalue weighted by atomic mass is 79.9. The zero-order valence-electron chi connectivity index (χ0n) is 11.3. The lowest BCUT2D eigenvalue weighted by Gasteiger charge is -2.17. The number of hydrogen-bond donors (Lipinski definition) is 3. The number of rotatable bonds is 6. The molecule has 0 aliphatic carbocycles. The number of aliphatic hydroxyl groups is 1. The van der Waals surface area contributed by atoms with Crippen molar-refractivity contribution < 1.29 is 9.90 Å². The number of hydrogen-bond acceptors (Lipinski definition) is 2. The Hall–Kier alpha value is -1.07. The van der Waals surface area contributed by atoms with E-state index in [0.29, 0.717) is 13.0 Å². The van der Waals surface area contributed by atoms with Crippen LogP contribution in [0.15, 0.2) is 28.7 Å². The quantitative estimate of drug-likeness (QED) is 0.752. The summed E-state index contributed by atoms with van der Waals surface area (Å²) in [5.41, 5.74) is 1.04. The molecule has 1 aromatic rings. The van der Waals surface area contributed by atoms with Crippen LogP contribution in [0.1, 0.15) is 31.9 Å². The van der Waals surface area contributed by atoms with Gasteiger partial charge in [-0.05, 0) is 30.9 Å². The van der Waals surface area contributed by atoms with Crippen molar-refractivity contribution >= 4 is 22.0 Å². The van der Waals surface area contributed by atoms with Crippen LogP contribution in [0.25, 0.3) is 0 Å². The minimum Gasteiger partial charge on any atom is -0.396 e. The second-order valence-electron chi connectivity index (χ2n) is 4.72. The summed E-state index contributed by atoms with van der Waals surface area (Å²) < 4.78 is 0.983. The third-order valence-corrected chi connectivity index (χ3v) is 3.67. The predicted molar refractivity (Wildman–Crippen MR) is 80.0 cm³/mol. The fourth-order valence-corrected chi connectivity index (χ4v) is 2.37. The Morgan fingerprint density at radius 1 is 1.37 bits per heavy atom. The van der Waals surface area contributed by atoms with Crippen LogP contribution in [-0.2, 0) is 0 Å². The number of aliphatic hydroxyl groups excluding tert-OH is 1. The molecule has 2 amide bonds. The largest absolute Gasteiger partial charge is 0.396 e. The maximum Gasteiger partial charge on any atom is 0.315 e.